The number of piperazine rings is 1. The van der Waals surface area contributed by atoms with Crippen LogP contribution in [0.4, 0.5) is 17.2 Å². The second-order valence-electron chi connectivity index (χ2n) is 16.0. The third-order valence-corrected chi connectivity index (χ3v) is 12.8. The molecule has 16 heteroatoms. The largest absolute Gasteiger partial charge is 0.487 e. The molecule has 3 aliphatic rings. The lowest BCUT2D eigenvalue weighted by Gasteiger charge is -2.39. The van der Waals surface area contributed by atoms with Crippen molar-refractivity contribution in [2.75, 3.05) is 63.2 Å². The van der Waals surface area contributed by atoms with Crippen molar-refractivity contribution in [3.8, 4) is 17.2 Å². The minimum Gasteiger partial charge on any atom is -0.487 e. The average molecular weight is 864 g/mol. The van der Waals surface area contributed by atoms with Gasteiger partial charge < -0.3 is 24.8 Å². The summed E-state index contributed by atoms with van der Waals surface area (Å²) in [7, 11) is -2.16. The number of benzene rings is 3. The van der Waals surface area contributed by atoms with Crippen LogP contribution in [0.5, 0.6) is 17.2 Å². The van der Waals surface area contributed by atoms with Gasteiger partial charge >= 0.3 is 5.69 Å². The van der Waals surface area contributed by atoms with E-state index in [0.717, 1.165) is 81.6 Å². The molecule has 0 spiro atoms. The van der Waals surface area contributed by atoms with E-state index in [1.807, 2.05) is 18.2 Å². The van der Waals surface area contributed by atoms with Crippen LogP contribution in [0, 0.1) is 21.4 Å². The van der Waals surface area contributed by atoms with Gasteiger partial charge in [0.1, 0.15) is 17.3 Å². The summed E-state index contributed by atoms with van der Waals surface area (Å²) in [5, 5.41) is 12.9. The maximum atomic E-state index is 13.8. The number of nitrogens with two attached hydrogens (primary N) is 1. The van der Waals surface area contributed by atoms with E-state index in [-0.39, 0.29) is 55.6 Å². The molecule has 1 aliphatic carbocycles. The first-order valence-corrected chi connectivity index (χ1v) is 21.6. The molecule has 1 atom stereocenters. The van der Waals surface area contributed by atoms with Gasteiger partial charge in [0.05, 0.1) is 33.2 Å². The van der Waals surface area contributed by atoms with E-state index in [1.165, 1.54) is 41.1 Å². The standard InChI is InChI=1S/C43H48Cl2N6O7S/c1-43(2)14-11-30(36(24-43)29-3-5-31(44)6-4-29)26-49-15-17-50(18-16-49)32-7-9-35(40(21-32)58-33-22-37(45)41(46)47-25-33)42(52)48-59(55)34-8-10-39(38(23-34)51(53)54)57-27-28-12-19-56-20-13-28/h3-10,21-23,25,28H,11-20,24,26-27H2,1-2H3,(H2,46,47)(H,48,52). The lowest BCUT2D eigenvalue weighted by atomic mass is 9.72. The zero-order valence-electron chi connectivity index (χ0n) is 33.1. The first kappa shape index (κ1) is 42.4. The van der Waals surface area contributed by atoms with Gasteiger partial charge in [-0.25, -0.2) is 9.19 Å². The highest BCUT2D eigenvalue weighted by atomic mass is 35.5. The summed E-state index contributed by atoms with van der Waals surface area (Å²) in [4.78, 5) is 34.0. The molecule has 0 bridgehead atoms. The Morgan fingerprint density at radius 3 is 2.49 bits per heavy atom. The Hall–Kier alpha value is -4.73. The summed E-state index contributed by atoms with van der Waals surface area (Å²) in [6.07, 6.45) is 6.22. The van der Waals surface area contributed by atoms with Crippen LogP contribution < -0.4 is 24.8 Å². The SMILES string of the molecule is CC1(C)CCC(CN2CCN(c3ccc(C(=O)NS(=O)c4ccc(OCC5CCOCC5)c([N+](=O)[O-])c4)c(Oc4cnc(N)c(Cl)c4)c3)CC2)=C(c2ccc(Cl)cc2)C1. The first-order valence-electron chi connectivity index (χ1n) is 19.7. The van der Waals surface area contributed by atoms with Crippen molar-refractivity contribution in [3.05, 3.63) is 110 Å². The molecule has 3 N–H and O–H groups in total. The fraction of sp³-hybridized carbons (Fsp3) is 0.395. The fourth-order valence-corrected chi connectivity index (χ4v) is 8.78. The Kier molecular flexibility index (Phi) is 13.4. The zero-order chi connectivity index (χ0) is 41.7. The Labute approximate surface area is 356 Å². The lowest BCUT2D eigenvalue weighted by Crippen LogP contribution is -2.47. The smallest absolute Gasteiger partial charge is 0.312 e. The average Bonchev–Trinajstić information content (AvgIpc) is 3.22. The van der Waals surface area contributed by atoms with Crippen molar-refractivity contribution in [2.24, 2.45) is 11.3 Å². The third kappa shape index (κ3) is 10.7. The molecule has 7 rings (SSSR count). The minimum atomic E-state index is -2.16. The van der Waals surface area contributed by atoms with Crippen molar-refractivity contribution in [1.29, 1.82) is 0 Å². The number of hydrogen-bond acceptors (Lipinski definition) is 11. The van der Waals surface area contributed by atoms with Crippen molar-refractivity contribution in [1.82, 2.24) is 14.6 Å². The molecule has 1 aromatic heterocycles. The maximum absolute atomic E-state index is 13.8. The highest BCUT2D eigenvalue weighted by Gasteiger charge is 2.30. The van der Waals surface area contributed by atoms with E-state index in [4.69, 9.17) is 43.1 Å². The first-order chi connectivity index (χ1) is 28.3. The van der Waals surface area contributed by atoms with E-state index in [0.29, 0.717) is 19.8 Å². The molecule has 13 nitrogen and oxygen atoms in total. The summed E-state index contributed by atoms with van der Waals surface area (Å²) < 4.78 is 33.4. The third-order valence-electron chi connectivity index (χ3n) is 11.2. The highest BCUT2D eigenvalue weighted by Crippen LogP contribution is 2.43. The quantitative estimate of drug-likeness (QED) is 0.0977. The van der Waals surface area contributed by atoms with Gasteiger partial charge in [-0.3, -0.25) is 24.5 Å². The van der Waals surface area contributed by atoms with Crippen LogP contribution in [0.3, 0.4) is 0 Å². The summed E-state index contributed by atoms with van der Waals surface area (Å²) in [6, 6.07) is 18.9. The summed E-state index contributed by atoms with van der Waals surface area (Å²) in [5.41, 5.74) is 10.8. The number of rotatable bonds is 13. The molecule has 312 valence electrons. The number of nitro groups is 1. The number of nitro benzene ring substituents is 1. The van der Waals surface area contributed by atoms with Crippen LogP contribution in [-0.4, -0.2) is 77.5 Å². The highest BCUT2D eigenvalue weighted by molar-refractivity contribution is 7.83. The number of pyridine rings is 1. The molecule has 1 amide bonds. The Balaban J connectivity index is 1.06. The molecule has 59 heavy (non-hydrogen) atoms. The van der Waals surface area contributed by atoms with Crippen molar-refractivity contribution < 1.29 is 28.1 Å². The van der Waals surface area contributed by atoms with Gasteiger partial charge in [0.25, 0.3) is 5.91 Å². The van der Waals surface area contributed by atoms with Gasteiger partial charge in [0.2, 0.25) is 0 Å². The summed E-state index contributed by atoms with van der Waals surface area (Å²) in [5.74, 6) is 0.111. The minimum absolute atomic E-state index is 0.0305. The van der Waals surface area contributed by atoms with Gasteiger partial charge in [-0.15, -0.1) is 0 Å². The number of nitrogens with one attached hydrogen (secondary N) is 1. The zero-order valence-corrected chi connectivity index (χ0v) is 35.4. The number of amides is 1. The Morgan fingerprint density at radius 2 is 1.78 bits per heavy atom. The number of hydrogen-bond donors (Lipinski definition) is 2. The summed E-state index contributed by atoms with van der Waals surface area (Å²) >= 11 is 12.5. The van der Waals surface area contributed by atoms with Crippen LogP contribution in [0.2, 0.25) is 10.0 Å². The number of ether oxygens (including phenoxy) is 3. The molecule has 3 aromatic carbocycles. The molecule has 4 aromatic rings. The van der Waals surface area contributed by atoms with Gasteiger partial charge in [-0.1, -0.05) is 54.8 Å². The van der Waals surface area contributed by atoms with Crippen molar-refractivity contribution >= 4 is 62.9 Å². The number of aromatic nitrogens is 1. The second kappa shape index (κ2) is 18.7. The van der Waals surface area contributed by atoms with Crippen molar-refractivity contribution in [3.63, 3.8) is 0 Å². The molecular formula is C43H48Cl2N6O7S. The molecule has 2 aliphatic heterocycles. The lowest BCUT2D eigenvalue weighted by molar-refractivity contribution is -0.386. The molecule has 2 fully saturated rings. The van der Waals surface area contributed by atoms with Gasteiger partial charge in [0.15, 0.2) is 16.7 Å². The molecule has 2 saturated heterocycles. The van der Waals surface area contributed by atoms with E-state index >= 15 is 0 Å². The number of anilines is 2. The monoisotopic (exact) mass is 862 g/mol. The molecule has 3 heterocycles. The maximum Gasteiger partial charge on any atom is 0.312 e. The van der Waals surface area contributed by atoms with E-state index in [1.54, 1.807) is 12.1 Å². The van der Waals surface area contributed by atoms with Crippen LogP contribution >= 0.6 is 23.2 Å². The normalized spacial score (nSPS) is 18.0. The molecule has 0 radical (unpaired) electrons. The Morgan fingerprint density at radius 1 is 1.03 bits per heavy atom. The molecule has 0 saturated carbocycles. The predicted molar refractivity (Wildman–Crippen MR) is 231 cm³/mol. The number of allylic oxidation sites excluding steroid dienone is 1. The van der Waals surface area contributed by atoms with Gasteiger partial charge in [-0.05, 0) is 91.0 Å². The van der Waals surface area contributed by atoms with Crippen molar-refractivity contribution in [2.45, 2.75) is 50.8 Å². The van der Waals surface area contributed by atoms with Crippen LogP contribution in [0.15, 0.2) is 83.4 Å². The predicted octanol–water partition coefficient (Wildman–Crippen LogP) is 8.72. The van der Waals surface area contributed by atoms with Gasteiger partial charge in [-0.2, -0.15) is 0 Å². The van der Waals surface area contributed by atoms with E-state index in [9.17, 15) is 19.1 Å². The van der Waals surface area contributed by atoms with Crippen LogP contribution in [0.25, 0.3) is 5.57 Å². The van der Waals surface area contributed by atoms with E-state index < -0.39 is 21.8 Å². The molecule has 1 unspecified atom stereocenters. The Bertz CT molecular complexity index is 2240. The number of carbonyl (C=O) groups excluding carboxylic acids is 1. The fourth-order valence-electron chi connectivity index (χ4n) is 7.69. The van der Waals surface area contributed by atoms with E-state index in [2.05, 4.69) is 45.5 Å². The summed E-state index contributed by atoms with van der Waals surface area (Å²) in [6.45, 7) is 10.3. The van der Waals surface area contributed by atoms with Gasteiger partial charge in [0, 0.05) is 74.8 Å². The second-order valence-corrected chi connectivity index (χ2v) is 18.0. The number of carbonyl (C=O) groups is 1. The number of nitrogen functional groups attached to an aromatic ring is 1. The van der Waals surface area contributed by atoms with Crippen LogP contribution in [0.1, 0.15) is 61.9 Å². The number of halogens is 2. The van der Waals surface area contributed by atoms with Crippen LogP contribution in [-0.2, 0) is 15.7 Å². The number of nitrogens with zero attached hydrogens (tertiary/aromatic N) is 4. The topological polar surface area (TPSA) is 162 Å². The molecular weight excluding hydrogens is 815 g/mol.